The van der Waals surface area contributed by atoms with E-state index in [4.69, 9.17) is 27.5 Å². The molecular formula is C16H18ClN3O. The van der Waals surface area contributed by atoms with Crippen molar-refractivity contribution in [1.82, 2.24) is 0 Å². The third kappa shape index (κ3) is 3.47. The van der Waals surface area contributed by atoms with E-state index < -0.39 is 0 Å². The van der Waals surface area contributed by atoms with Crippen molar-refractivity contribution >= 4 is 23.1 Å². The number of benzene rings is 2. The Morgan fingerprint density at radius 2 is 2.00 bits per heavy atom. The van der Waals surface area contributed by atoms with Gasteiger partial charge in [-0.2, -0.15) is 0 Å². The molecule has 0 heterocycles. The monoisotopic (exact) mass is 303 g/mol. The molecule has 0 radical (unpaired) electrons. The standard InChI is InChI=1S/C16H18ClN3O/c1-20(14-6-4-3-5-13(14)16(18)19)10-11-9-12(17)7-8-15(11)21-2/h3-9H,10H2,1-2H3,(H3,18,19). The number of methoxy groups -OCH3 is 1. The summed E-state index contributed by atoms with van der Waals surface area (Å²) in [5.41, 5.74) is 8.22. The van der Waals surface area contributed by atoms with Gasteiger partial charge in [0.2, 0.25) is 0 Å². The Labute approximate surface area is 129 Å². The van der Waals surface area contributed by atoms with Gasteiger partial charge in [-0.05, 0) is 30.3 Å². The van der Waals surface area contributed by atoms with Crippen LogP contribution in [0.5, 0.6) is 5.75 Å². The van der Waals surface area contributed by atoms with Gasteiger partial charge in [0.05, 0.1) is 7.11 Å². The average Bonchev–Trinajstić information content (AvgIpc) is 2.47. The lowest BCUT2D eigenvalue weighted by atomic mass is 10.1. The lowest BCUT2D eigenvalue weighted by molar-refractivity contribution is 0.409. The van der Waals surface area contributed by atoms with Crippen molar-refractivity contribution in [1.29, 1.82) is 5.41 Å². The van der Waals surface area contributed by atoms with Gasteiger partial charge >= 0.3 is 0 Å². The molecule has 21 heavy (non-hydrogen) atoms. The minimum absolute atomic E-state index is 0.0514. The van der Waals surface area contributed by atoms with Crippen LogP contribution in [0.3, 0.4) is 0 Å². The van der Waals surface area contributed by atoms with E-state index in [1.165, 1.54) is 0 Å². The van der Waals surface area contributed by atoms with E-state index in [1.54, 1.807) is 13.2 Å². The number of anilines is 1. The predicted octanol–water partition coefficient (Wildman–Crippen LogP) is 3.27. The zero-order valence-electron chi connectivity index (χ0n) is 12.1. The molecule has 0 aliphatic carbocycles. The second kappa shape index (κ2) is 6.50. The molecule has 110 valence electrons. The van der Waals surface area contributed by atoms with Crippen molar-refractivity contribution in [2.45, 2.75) is 6.54 Å². The fraction of sp³-hybridized carbons (Fsp3) is 0.188. The molecule has 0 aliphatic rings. The number of rotatable bonds is 5. The molecule has 0 bridgehead atoms. The Balaban J connectivity index is 2.32. The summed E-state index contributed by atoms with van der Waals surface area (Å²) in [6.45, 7) is 0.605. The van der Waals surface area contributed by atoms with E-state index in [2.05, 4.69) is 0 Å². The Morgan fingerprint density at radius 3 is 2.67 bits per heavy atom. The first-order chi connectivity index (χ1) is 10.0. The van der Waals surface area contributed by atoms with E-state index in [-0.39, 0.29) is 5.84 Å². The van der Waals surface area contributed by atoms with Gasteiger partial charge in [-0.15, -0.1) is 0 Å². The van der Waals surface area contributed by atoms with Crippen LogP contribution in [-0.2, 0) is 6.54 Å². The van der Waals surface area contributed by atoms with Crippen molar-refractivity contribution in [3.8, 4) is 5.75 Å². The molecule has 4 nitrogen and oxygen atoms in total. The number of ether oxygens (including phenoxy) is 1. The zero-order valence-corrected chi connectivity index (χ0v) is 12.8. The number of nitrogens with zero attached hydrogens (tertiary/aromatic N) is 1. The number of nitrogen functional groups attached to an aromatic ring is 1. The maximum absolute atomic E-state index is 7.67. The van der Waals surface area contributed by atoms with Gasteiger partial charge in [0.1, 0.15) is 11.6 Å². The van der Waals surface area contributed by atoms with E-state index in [9.17, 15) is 0 Å². The average molecular weight is 304 g/mol. The highest BCUT2D eigenvalue weighted by atomic mass is 35.5. The molecule has 0 aromatic heterocycles. The minimum Gasteiger partial charge on any atom is -0.496 e. The number of amidine groups is 1. The number of hydrogen-bond acceptors (Lipinski definition) is 3. The molecule has 5 heteroatoms. The van der Waals surface area contributed by atoms with Gasteiger partial charge in [0.15, 0.2) is 0 Å². The number of nitrogens with one attached hydrogen (secondary N) is 1. The molecule has 3 N–H and O–H groups in total. The molecule has 0 atom stereocenters. The summed E-state index contributed by atoms with van der Waals surface area (Å²) >= 11 is 6.06. The first kappa shape index (κ1) is 15.2. The molecule has 0 saturated carbocycles. The van der Waals surface area contributed by atoms with E-state index in [1.807, 2.05) is 48.3 Å². The second-order valence-electron chi connectivity index (χ2n) is 4.74. The van der Waals surface area contributed by atoms with Crippen molar-refractivity contribution in [2.75, 3.05) is 19.1 Å². The summed E-state index contributed by atoms with van der Waals surface area (Å²) in [5.74, 6) is 0.835. The number of halogens is 1. The normalized spacial score (nSPS) is 10.2. The van der Waals surface area contributed by atoms with Crippen LogP contribution >= 0.6 is 11.6 Å². The van der Waals surface area contributed by atoms with Gasteiger partial charge in [-0.25, -0.2) is 0 Å². The van der Waals surface area contributed by atoms with Crippen LogP contribution in [0.15, 0.2) is 42.5 Å². The first-order valence-electron chi connectivity index (χ1n) is 6.50. The van der Waals surface area contributed by atoms with Gasteiger partial charge in [-0.1, -0.05) is 23.7 Å². The lowest BCUT2D eigenvalue weighted by Gasteiger charge is -2.23. The van der Waals surface area contributed by atoms with Crippen molar-refractivity contribution in [3.63, 3.8) is 0 Å². The molecule has 2 aromatic carbocycles. The summed E-state index contributed by atoms with van der Waals surface area (Å²) < 4.78 is 5.36. The van der Waals surface area contributed by atoms with E-state index in [0.717, 1.165) is 17.0 Å². The van der Waals surface area contributed by atoms with Crippen LogP contribution in [0, 0.1) is 5.41 Å². The quantitative estimate of drug-likeness (QED) is 0.658. The van der Waals surface area contributed by atoms with Crippen molar-refractivity contribution < 1.29 is 4.74 Å². The topological polar surface area (TPSA) is 62.3 Å². The van der Waals surface area contributed by atoms with Crippen LogP contribution in [0.4, 0.5) is 5.69 Å². The van der Waals surface area contributed by atoms with Crippen LogP contribution < -0.4 is 15.4 Å². The highest BCUT2D eigenvalue weighted by Gasteiger charge is 2.12. The smallest absolute Gasteiger partial charge is 0.124 e. The highest BCUT2D eigenvalue weighted by Crippen LogP contribution is 2.27. The van der Waals surface area contributed by atoms with Crippen LogP contribution in [0.2, 0.25) is 5.02 Å². The third-order valence-electron chi connectivity index (χ3n) is 3.26. The van der Waals surface area contributed by atoms with Gasteiger partial charge in [0, 0.05) is 35.4 Å². The Morgan fingerprint density at radius 1 is 1.29 bits per heavy atom. The van der Waals surface area contributed by atoms with E-state index in [0.29, 0.717) is 17.1 Å². The predicted molar refractivity (Wildman–Crippen MR) is 87.6 cm³/mol. The molecule has 2 rings (SSSR count). The van der Waals surface area contributed by atoms with Crippen LogP contribution in [-0.4, -0.2) is 20.0 Å². The van der Waals surface area contributed by atoms with Gasteiger partial charge < -0.3 is 15.4 Å². The SMILES string of the molecule is COc1ccc(Cl)cc1CN(C)c1ccccc1C(=N)N. The Hall–Kier alpha value is -2.20. The summed E-state index contributed by atoms with van der Waals surface area (Å²) in [4.78, 5) is 2.02. The van der Waals surface area contributed by atoms with E-state index >= 15 is 0 Å². The molecule has 0 amide bonds. The fourth-order valence-corrected chi connectivity index (χ4v) is 2.44. The second-order valence-corrected chi connectivity index (χ2v) is 5.18. The Kier molecular flexibility index (Phi) is 4.70. The Bertz CT molecular complexity index is 658. The largest absolute Gasteiger partial charge is 0.496 e. The summed E-state index contributed by atoms with van der Waals surface area (Å²) in [7, 11) is 3.58. The summed E-state index contributed by atoms with van der Waals surface area (Å²) in [5, 5.41) is 8.33. The first-order valence-corrected chi connectivity index (χ1v) is 6.87. The fourth-order valence-electron chi connectivity index (χ4n) is 2.25. The zero-order chi connectivity index (χ0) is 15.4. The van der Waals surface area contributed by atoms with Crippen molar-refractivity contribution in [3.05, 3.63) is 58.6 Å². The minimum atomic E-state index is 0.0514. The lowest BCUT2D eigenvalue weighted by Crippen LogP contribution is -2.22. The number of nitrogens with two attached hydrogens (primary N) is 1. The molecule has 0 fully saturated rings. The van der Waals surface area contributed by atoms with Gasteiger partial charge in [0.25, 0.3) is 0 Å². The number of para-hydroxylation sites is 1. The highest BCUT2D eigenvalue weighted by molar-refractivity contribution is 6.30. The molecular weight excluding hydrogens is 286 g/mol. The maximum atomic E-state index is 7.67. The molecule has 0 spiro atoms. The van der Waals surface area contributed by atoms with Gasteiger partial charge in [-0.3, -0.25) is 5.41 Å². The molecule has 0 unspecified atom stereocenters. The van der Waals surface area contributed by atoms with Crippen molar-refractivity contribution in [2.24, 2.45) is 5.73 Å². The van der Waals surface area contributed by atoms with Crippen LogP contribution in [0.25, 0.3) is 0 Å². The third-order valence-corrected chi connectivity index (χ3v) is 3.49. The molecule has 0 saturated heterocycles. The molecule has 0 aliphatic heterocycles. The number of hydrogen-bond donors (Lipinski definition) is 2. The summed E-state index contributed by atoms with van der Waals surface area (Å²) in [6.07, 6.45) is 0. The maximum Gasteiger partial charge on any atom is 0.124 e. The molecule has 2 aromatic rings. The summed E-state index contributed by atoms with van der Waals surface area (Å²) in [6, 6.07) is 13.1. The van der Waals surface area contributed by atoms with Crippen LogP contribution in [0.1, 0.15) is 11.1 Å².